The lowest BCUT2D eigenvalue weighted by Crippen LogP contribution is -2.33. The molecule has 0 aliphatic rings. The first kappa shape index (κ1) is 13.1. The van der Waals surface area contributed by atoms with Gasteiger partial charge in [-0.1, -0.05) is 25.1 Å². The molecule has 1 amide bonds. The normalized spacial score (nSPS) is 12.3. The number of nitrogens with zero attached hydrogens (tertiary/aromatic N) is 1. The Bertz CT molecular complexity index is 584. The zero-order valence-electron chi connectivity index (χ0n) is 10.8. The second-order valence-corrected chi connectivity index (χ2v) is 4.57. The molecule has 0 fully saturated rings. The molecule has 1 aromatic carbocycles. The molecule has 0 aliphatic carbocycles. The van der Waals surface area contributed by atoms with Crippen LogP contribution in [-0.4, -0.2) is 35.5 Å². The van der Waals surface area contributed by atoms with Gasteiger partial charge < -0.3 is 14.4 Å². The van der Waals surface area contributed by atoms with Gasteiger partial charge in [0.1, 0.15) is 5.58 Å². The highest BCUT2D eigenvalue weighted by molar-refractivity contribution is 5.96. The second kappa shape index (κ2) is 5.14. The maximum Gasteiger partial charge on any atom is 0.308 e. The van der Waals surface area contributed by atoms with E-state index in [4.69, 9.17) is 9.52 Å². The third kappa shape index (κ3) is 2.76. The van der Waals surface area contributed by atoms with Gasteiger partial charge >= 0.3 is 5.97 Å². The van der Waals surface area contributed by atoms with Crippen LogP contribution in [0.4, 0.5) is 0 Å². The molecule has 1 N–H and O–H groups in total. The van der Waals surface area contributed by atoms with Crippen LogP contribution in [0.15, 0.2) is 34.7 Å². The van der Waals surface area contributed by atoms with Crippen molar-refractivity contribution in [3.05, 3.63) is 36.1 Å². The summed E-state index contributed by atoms with van der Waals surface area (Å²) in [5.41, 5.74) is 0.644. The summed E-state index contributed by atoms with van der Waals surface area (Å²) in [7, 11) is 1.56. The van der Waals surface area contributed by atoms with Crippen molar-refractivity contribution in [3.63, 3.8) is 0 Å². The van der Waals surface area contributed by atoms with Crippen LogP contribution >= 0.6 is 0 Å². The first-order valence-corrected chi connectivity index (χ1v) is 5.96. The number of furan rings is 1. The number of carbonyl (C=O) groups excluding carboxylic acids is 1. The van der Waals surface area contributed by atoms with E-state index in [9.17, 15) is 9.59 Å². The van der Waals surface area contributed by atoms with Gasteiger partial charge in [-0.3, -0.25) is 9.59 Å². The molecule has 5 nitrogen and oxygen atoms in total. The minimum absolute atomic E-state index is 0.144. The number of rotatable bonds is 4. The lowest BCUT2D eigenvalue weighted by molar-refractivity contribution is -0.141. The van der Waals surface area contributed by atoms with Crippen LogP contribution in [0.1, 0.15) is 17.5 Å². The molecule has 1 atom stereocenters. The van der Waals surface area contributed by atoms with Crippen LogP contribution in [-0.2, 0) is 4.79 Å². The summed E-state index contributed by atoms with van der Waals surface area (Å²) in [5.74, 6) is -1.63. The third-order valence-electron chi connectivity index (χ3n) is 2.95. The topological polar surface area (TPSA) is 70.8 Å². The van der Waals surface area contributed by atoms with Gasteiger partial charge in [0.25, 0.3) is 5.91 Å². The van der Waals surface area contributed by atoms with Gasteiger partial charge in [0.05, 0.1) is 5.92 Å². The number of benzene rings is 1. The molecule has 0 spiro atoms. The van der Waals surface area contributed by atoms with E-state index >= 15 is 0 Å². The van der Waals surface area contributed by atoms with E-state index in [1.165, 1.54) is 4.90 Å². The standard InChI is InChI=1S/C14H15NO4/c1-9(14(17)18)8-15(2)13(16)12-7-10-5-3-4-6-11(10)19-12/h3-7,9H,8H2,1-2H3,(H,17,18). The molecular formula is C14H15NO4. The van der Waals surface area contributed by atoms with Gasteiger partial charge in [-0.2, -0.15) is 0 Å². The average Bonchev–Trinajstić information content (AvgIpc) is 2.81. The molecule has 0 aliphatic heterocycles. The number of hydrogen-bond acceptors (Lipinski definition) is 3. The number of carboxylic acid groups (broad SMARTS) is 1. The Labute approximate surface area is 110 Å². The Hall–Kier alpha value is -2.30. The molecule has 1 aromatic heterocycles. The van der Waals surface area contributed by atoms with E-state index in [-0.39, 0.29) is 18.2 Å². The molecule has 1 unspecified atom stereocenters. The number of carbonyl (C=O) groups is 2. The van der Waals surface area contributed by atoms with Gasteiger partial charge in [0, 0.05) is 19.0 Å². The summed E-state index contributed by atoms with van der Waals surface area (Å²) in [6.45, 7) is 1.70. The summed E-state index contributed by atoms with van der Waals surface area (Å²) < 4.78 is 5.45. The molecule has 0 radical (unpaired) electrons. The van der Waals surface area contributed by atoms with Gasteiger partial charge in [0.2, 0.25) is 0 Å². The van der Waals surface area contributed by atoms with Crippen molar-refractivity contribution in [1.29, 1.82) is 0 Å². The number of aliphatic carboxylic acids is 1. The highest BCUT2D eigenvalue weighted by atomic mass is 16.4. The van der Waals surface area contributed by atoms with Crippen molar-refractivity contribution in [1.82, 2.24) is 4.90 Å². The number of para-hydroxylation sites is 1. The van der Waals surface area contributed by atoms with Crippen molar-refractivity contribution >= 4 is 22.8 Å². The lowest BCUT2D eigenvalue weighted by atomic mass is 10.1. The van der Waals surface area contributed by atoms with Crippen molar-refractivity contribution in [2.45, 2.75) is 6.92 Å². The molecule has 0 saturated heterocycles. The number of hydrogen-bond donors (Lipinski definition) is 1. The van der Waals surface area contributed by atoms with Crippen LogP contribution in [0.25, 0.3) is 11.0 Å². The minimum Gasteiger partial charge on any atom is -0.481 e. The predicted molar refractivity (Wildman–Crippen MR) is 70.0 cm³/mol. The summed E-state index contributed by atoms with van der Waals surface area (Å²) in [6, 6.07) is 9.00. The minimum atomic E-state index is -0.927. The fourth-order valence-electron chi connectivity index (χ4n) is 1.85. The molecule has 0 bridgehead atoms. The SMILES string of the molecule is CC(CN(C)C(=O)c1cc2ccccc2o1)C(=O)O. The summed E-state index contributed by atoms with van der Waals surface area (Å²) in [6.07, 6.45) is 0. The Balaban J connectivity index is 2.16. The molecular weight excluding hydrogens is 246 g/mol. The summed E-state index contributed by atoms with van der Waals surface area (Å²) in [5, 5.41) is 9.69. The number of fused-ring (bicyclic) bond motifs is 1. The van der Waals surface area contributed by atoms with E-state index in [1.54, 1.807) is 26.1 Å². The number of carboxylic acids is 1. The highest BCUT2D eigenvalue weighted by Crippen LogP contribution is 2.20. The van der Waals surface area contributed by atoms with Gasteiger partial charge in [0.15, 0.2) is 5.76 Å². The lowest BCUT2D eigenvalue weighted by Gasteiger charge is -2.17. The summed E-state index contributed by atoms with van der Waals surface area (Å²) in [4.78, 5) is 24.2. The molecule has 0 saturated carbocycles. The van der Waals surface area contributed by atoms with E-state index in [1.807, 2.05) is 18.2 Å². The number of amides is 1. The van der Waals surface area contributed by atoms with Crippen LogP contribution in [0, 0.1) is 5.92 Å². The van der Waals surface area contributed by atoms with Gasteiger partial charge in [-0.15, -0.1) is 0 Å². The van der Waals surface area contributed by atoms with Crippen molar-refractivity contribution in [2.75, 3.05) is 13.6 Å². The molecule has 1 heterocycles. The Morgan fingerprint density at radius 1 is 1.37 bits per heavy atom. The monoisotopic (exact) mass is 261 g/mol. The van der Waals surface area contributed by atoms with Crippen molar-refractivity contribution < 1.29 is 19.1 Å². The fraction of sp³-hybridized carbons (Fsp3) is 0.286. The van der Waals surface area contributed by atoms with E-state index in [2.05, 4.69) is 0 Å². The zero-order chi connectivity index (χ0) is 14.0. The maximum atomic E-state index is 12.1. The Morgan fingerprint density at radius 2 is 2.05 bits per heavy atom. The Kier molecular flexibility index (Phi) is 3.55. The largest absolute Gasteiger partial charge is 0.481 e. The van der Waals surface area contributed by atoms with Crippen LogP contribution < -0.4 is 0 Å². The summed E-state index contributed by atoms with van der Waals surface area (Å²) >= 11 is 0. The van der Waals surface area contributed by atoms with Gasteiger partial charge in [-0.25, -0.2) is 0 Å². The van der Waals surface area contributed by atoms with E-state index in [0.29, 0.717) is 5.58 Å². The first-order chi connectivity index (χ1) is 8.99. The molecule has 2 aromatic rings. The molecule has 2 rings (SSSR count). The third-order valence-corrected chi connectivity index (χ3v) is 2.95. The van der Waals surface area contributed by atoms with Crippen LogP contribution in [0.5, 0.6) is 0 Å². The smallest absolute Gasteiger partial charge is 0.308 e. The zero-order valence-corrected chi connectivity index (χ0v) is 10.8. The van der Waals surface area contributed by atoms with Crippen molar-refractivity contribution in [2.24, 2.45) is 5.92 Å². The van der Waals surface area contributed by atoms with Crippen LogP contribution in [0.3, 0.4) is 0 Å². The van der Waals surface area contributed by atoms with Crippen molar-refractivity contribution in [3.8, 4) is 0 Å². The fourth-order valence-corrected chi connectivity index (χ4v) is 1.85. The highest BCUT2D eigenvalue weighted by Gasteiger charge is 2.21. The molecule has 19 heavy (non-hydrogen) atoms. The van der Waals surface area contributed by atoms with Crippen LogP contribution in [0.2, 0.25) is 0 Å². The first-order valence-electron chi connectivity index (χ1n) is 5.96. The predicted octanol–water partition coefficient (Wildman–Crippen LogP) is 2.23. The van der Waals surface area contributed by atoms with Gasteiger partial charge in [-0.05, 0) is 12.1 Å². The second-order valence-electron chi connectivity index (χ2n) is 4.57. The Morgan fingerprint density at radius 3 is 2.68 bits per heavy atom. The van der Waals surface area contributed by atoms with E-state index in [0.717, 1.165) is 5.39 Å². The molecule has 100 valence electrons. The van der Waals surface area contributed by atoms with E-state index < -0.39 is 11.9 Å². The maximum absolute atomic E-state index is 12.1. The quantitative estimate of drug-likeness (QED) is 0.916. The molecule has 5 heteroatoms. The average molecular weight is 261 g/mol.